The normalized spacial score (nSPS) is 10.6. The van der Waals surface area contributed by atoms with E-state index in [0.717, 1.165) is 16.7 Å². The van der Waals surface area contributed by atoms with Crippen LogP contribution in [0.3, 0.4) is 0 Å². The molecule has 3 aromatic rings. The van der Waals surface area contributed by atoms with Gasteiger partial charge in [0.05, 0.1) is 6.61 Å². The lowest BCUT2D eigenvalue weighted by Crippen LogP contribution is -2.09. The highest BCUT2D eigenvalue weighted by Gasteiger charge is 2.11. The Morgan fingerprint density at radius 3 is 2.05 bits per heavy atom. The van der Waals surface area contributed by atoms with E-state index in [1.165, 1.54) is 25.1 Å². The van der Waals surface area contributed by atoms with Crippen molar-refractivity contribution in [3.63, 3.8) is 0 Å². The Kier molecular flexibility index (Phi) is 9.48. The third-order valence-electron chi connectivity index (χ3n) is 5.25. The summed E-state index contributed by atoms with van der Waals surface area (Å²) in [5, 5.41) is 0. The smallest absolute Gasteiger partial charge is 0.338 e. The Morgan fingerprint density at radius 1 is 0.816 bits per heavy atom. The van der Waals surface area contributed by atoms with E-state index in [2.05, 4.69) is 13.2 Å². The van der Waals surface area contributed by atoms with Crippen molar-refractivity contribution in [3.8, 4) is 22.6 Å². The molecule has 0 bridgehead atoms. The average Bonchev–Trinajstić information content (AvgIpc) is 2.89. The molecule has 38 heavy (non-hydrogen) atoms. The third kappa shape index (κ3) is 8.13. The first-order valence-corrected chi connectivity index (χ1v) is 11.7. The van der Waals surface area contributed by atoms with Gasteiger partial charge in [0, 0.05) is 23.6 Å². The molecule has 0 N–H and O–H groups in total. The van der Waals surface area contributed by atoms with Crippen LogP contribution < -0.4 is 9.47 Å². The second kappa shape index (κ2) is 13.0. The highest BCUT2D eigenvalue weighted by molar-refractivity contribution is 5.89. The third-order valence-corrected chi connectivity index (χ3v) is 5.25. The maximum absolute atomic E-state index is 14.4. The van der Waals surface area contributed by atoms with E-state index < -0.39 is 23.7 Å². The first-order chi connectivity index (χ1) is 18.1. The minimum Gasteiger partial charge on any atom is -0.462 e. The summed E-state index contributed by atoms with van der Waals surface area (Å²) in [4.78, 5) is 35.2. The number of hydrogen-bond acceptors (Lipinski definition) is 6. The molecule has 0 aromatic heterocycles. The fourth-order valence-electron chi connectivity index (χ4n) is 3.16. The zero-order valence-electron chi connectivity index (χ0n) is 21.2. The van der Waals surface area contributed by atoms with E-state index in [1.807, 2.05) is 0 Å². The first kappa shape index (κ1) is 27.8. The van der Waals surface area contributed by atoms with Crippen molar-refractivity contribution >= 4 is 24.0 Å². The molecular formula is C31H27FO6. The fraction of sp³-hybridized carbons (Fsp3) is 0.129. The number of benzene rings is 3. The maximum atomic E-state index is 14.4. The molecule has 0 aliphatic rings. The molecule has 0 unspecified atom stereocenters. The topological polar surface area (TPSA) is 78.9 Å². The molecule has 6 nitrogen and oxygen atoms in total. The molecule has 3 aromatic carbocycles. The summed E-state index contributed by atoms with van der Waals surface area (Å²) in [6.45, 7) is 10.3. The van der Waals surface area contributed by atoms with E-state index >= 15 is 0 Å². The van der Waals surface area contributed by atoms with Crippen LogP contribution >= 0.6 is 0 Å². The summed E-state index contributed by atoms with van der Waals surface area (Å²) in [6.07, 6.45) is 3.45. The van der Waals surface area contributed by atoms with Crippen molar-refractivity contribution in [2.75, 3.05) is 6.61 Å². The molecule has 0 atom stereocenters. The Balaban J connectivity index is 1.53. The van der Waals surface area contributed by atoms with E-state index in [1.54, 1.807) is 67.6 Å². The number of carbonyl (C=O) groups excluding carboxylic acids is 3. The molecule has 0 amide bonds. The summed E-state index contributed by atoms with van der Waals surface area (Å²) < 4.78 is 29.7. The highest BCUT2D eigenvalue weighted by atomic mass is 19.1. The number of rotatable bonds is 10. The van der Waals surface area contributed by atoms with Crippen molar-refractivity contribution in [1.29, 1.82) is 0 Å². The van der Waals surface area contributed by atoms with Crippen LogP contribution in [0, 0.1) is 5.82 Å². The Bertz CT molecular complexity index is 1380. The van der Waals surface area contributed by atoms with E-state index in [9.17, 15) is 18.8 Å². The van der Waals surface area contributed by atoms with Crippen LogP contribution in [0.1, 0.15) is 25.0 Å². The SMILES string of the molecule is C=C(C)C(=O)OCCc1ccc(OC(=O)/C=C/c2ccc(-c3ccc(OC(=O)C(=C)C)c(F)c3)cc2)cc1. The van der Waals surface area contributed by atoms with Gasteiger partial charge in [-0.1, -0.05) is 55.6 Å². The largest absolute Gasteiger partial charge is 0.462 e. The summed E-state index contributed by atoms with van der Waals surface area (Å²) in [6, 6.07) is 18.4. The van der Waals surface area contributed by atoms with Gasteiger partial charge in [0.25, 0.3) is 0 Å². The van der Waals surface area contributed by atoms with Gasteiger partial charge < -0.3 is 14.2 Å². The lowest BCUT2D eigenvalue weighted by atomic mass is 10.0. The lowest BCUT2D eigenvalue weighted by molar-refractivity contribution is -0.139. The van der Waals surface area contributed by atoms with Crippen LogP contribution in [0.5, 0.6) is 11.5 Å². The number of carbonyl (C=O) groups is 3. The van der Waals surface area contributed by atoms with Crippen molar-refractivity contribution < 1.29 is 33.0 Å². The number of hydrogen-bond donors (Lipinski definition) is 0. The van der Waals surface area contributed by atoms with Gasteiger partial charge in [0.1, 0.15) is 5.75 Å². The predicted octanol–water partition coefficient (Wildman–Crippen LogP) is 6.25. The molecule has 0 spiro atoms. The van der Waals surface area contributed by atoms with Crippen molar-refractivity contribution in [1.82, 2.24) is 0 Å². The van der Waals surface area contributed by atoms with E-state index in [-0.39, 0.29) is 17.9 Å². The molecule has 0 fully saturated rings. The molecule has 0 radical (unpaired) electrons. The van der Waals surface area contributed by atoms with Gasteiger partial charge in [-0.25, -0.2) is 18.8 Å². The van der Waals surface area contributed by atoms with Crippen molar-refractivity contribution in [3.05, 3.63) is 114 Å². The molecule has 0 aliphatic carbocycles. The van der Waals surface area contributed by atoms with Gasteiger partial charge in [-0.3, -0.25) is 0 Å². The van der Waals surface area contributed by atoms with Crippen molar-refractivity contribution in [2.45, 2.75) is 20.3 Å². The second-order valence-electron chi connectivity index (χ2n) is 8.50. The van der Waals surface area contributed by atoms with Crippen LogP contribution in [-0.2, 0) is 25.5 Å². The van der Waals surface area contributed by atoms with Crippen LogP contribution in [0.4, 0.5) is 4.39 Å². The predicted molar refractivity (Wildman–Crippen MR) is 143 cm³/mol. The minimum absolute atomic E-state index is 0.168. The van der Waals surface area contributed by atoms with Gasteiger partial charge in [0.2, 0.25) is 0 Å². The number of ether oxygens (including phenoxy) is 3. The monoisotopic (exact) mass is 514 g/mol. The number of esters is 3. The molecule has 0 saturated carbocycles. The maximum Gasteiger partial charge on any atom is 0.338 e. The van der Waals surface area contributed by atoms with Crippen LogP contribution in [0.2, 0.25) is 0 Å². The molecule has 194 valence electrons. The van der Waals surface area contributed by atoms with Crippen LogP contribution in [0.15, 0.2) is 97.1 Å². The zero-order valence-corrected chi connectivity index (χ0v) is 21.2. The Labute approximate surface area is 220 Å². The van der Waals surface area contributed by atoms with Gasteiger partial charge >= 0.3 is 17.9 Å². The minimum atomic E-state index is -0.692. The number of halogens is 1. The van der Waals surface area contributed by atoms with Crippen molar-refractivity contribution in [2.24, 2.45) is 0 Å². The summed E-state index contributed by atoms with van der Waals surface area (Å²) in [5.41, 5.74) is 3.55. The van der Waals surface area contributed by atoms with Gasteiger partial charge in [-0.05, 0) is 66.4 Å². The second-order valence-corrected chi connectivity index (χ2v) is 8.50. The summed E-state index contributed by atoms with van der Waals surface area (Å²) >= 11 is 0. The summed E-state index contributed by atoms with van der Waals surface area (Å²) in [7, 11) is 0. The van der Waals surface area contributed by atoms with Crippen LogP contribution in [-0.4, -0.2) is 24.5 Å². The first-order valence-electron chi connectivity index (χ1n) is 11.7. The molecular weight excluding hydrogens is 487 g/mol. The molecule has 0 saturated heterocycles. The fourth-order valence-corrected chi connectivity index (χ4v) is 3.16. The van der Waals surface area contributed by atoms with Crippen LogP contribution in [0.25, 0.3) is 17.2 Å². The zero-order chi connectivity index (χ0) is 27.7. The molecule has 0 heterocycles. The van der Waals surface area contributed by atoms with Gasteiger partial charge in [-0.2, -0.15) is 0 Å². The molecule has 7 heteroatoms. The van der Waals surface area contributed by atoms with E-state index in [4.69, 9.17) is 14.2 Å². The average molecular weight is 515 g/mol. The highest BCUT2D eigenvalue weighted by Crippen LogP contribution is 2.26. The molecule has 0 aliphatic heterocycles. The Morgan fingerprint density at radius 2 is 1.45 bits per heavy atom. The summed E-state index contributed by atoms with van der Waals surface area (Å²) in [5.74, 6) is -2.11. The lowest BCUT2D eigenvalue weighted by Gasteiger charge is -2.08. The van der Waals surface area contributed by atoms with Gasteiger partial charge in [0.15, 0.2) is 11.6 Å². The van der Waals surface area contributed by atoms with Gasteiger partial charge in [-0.15, -0.1) is 0 Å². The standard InChI is InChI=1S/C31H27FO6/c1-20(2)30(34)36-18-17-23-7-13-26(14-8-23)37-29(33)16-9-22-5-10-24(11-6-22)25-12-15-28(27(32)19-25)38-31(35)21(3)4/h5-16,19H,1,3,17-18H2,2,4H3/b16-9+. The molecule has 3 rings (SSSR count). The van der Waals surface area contributed by atoms with E-state index in [0.29, 0.717) is 23.3 Å². The Hall–Kier alpha value is -4.78. The quantitative estimate of drug-likeness (QED) is 0.181.